The fourth-order valence-corrected chi connectivity index (χ4v) is 2.91. The molecule has 0 aliphatic heterocycles. The summed E-state index contributed by atoms with van der Waals surface area (Å²) in [5, 5.41) is 3.64. The van der Waals surface area contributed by atoms with E-state index in [0.29, 0.717) is 11.6 Å². The van der Waals surface area contributed by atoms with E-state index in [4.69, 9.17) is 17.3 Å². The highest BCUT2D eigenvalue weighted by Gasteiger charge is 2.38. The van der Waals surface area contributed by atoms with Crippen molar-refractivity contribution in [2.45, 2.75) is 39.0 Å². The van der Waals surface area contributed by atoms with Crippen molar-refractivity contribution in [1.29, 1.82) is 0 Å². The molecule has 1 amide bonds. The number of hydrogen-bond donors (Lipinski definition) is 2. The molecule has 19 heavy (non-hydrogen) atoms. The van der Waals surface area contributed by atoms with Gasteiger partial charge >= 0.3 is 0 Å². The van der Waals surface area contributed by atoms with Crippen molar-refractivity contribution in [3.05, 3.63) is 28.8 Å². The minimum absolute atomic E-state index is 0.0417. The van der Waals surface area contributed by atoms with Crippen LogP contribution in [0.1, 0.15) is 37.7 Å². The zero-order chi connectivity index (χ0) is 13.9. The van der Waals surface area contributed by atoms with Crippen molar-refractivity contribution in [2.75, 3.05) is 11.9 Å². The number of aryl methyl sites for hydroxylation is 1. The van der Waals surface area contributed by atoms with Gasteiger partial charge in [0, 0.05) is 17.3 Å². The third kappa shape index (κ3) is 3.10. The molecule has 0 radical (unpaired) electrons. The van der Waals surface area contributed by atoms with E-state index in [-0.39, 0.29) is 5.91 Å². The molecule has 0 bridgehead atoms. The molecule has 1 saturated carbocycles. The fourth-order valence-electron chi connectivity index (χ4n) is 2.74. The van der Waals surface area contributed by atoms with Gasteiger partial charge in [-0.2, -0.15) is 0 Å². The van der Waals surface area contributed by atoms with Crippen molar-refractivity contribution in [3.8, 4) is 0 Å². The van der Waals surface area contributed by atoms with E-state index in [1.165, 1.54) is 6.42 Å². The Labute approximate surface area is 119 Å². The van der Waals surface area contributed by atoms with Gasteiger partial charge < -0.3 is 11.1 Å². The summed E-state index contributed by atoms with van der Waals surface area (Å²) in [5.74, 6) is 0.0417. The Balaban J connectivity index is 2.17. The van der Waals surface area contributed by atoms with E-state index in [1.54, 1.807) is 6.07 Å². The zero-order valence-electron chi connectivity index (χ0n) is 11.3. The molecule has 4 heteroatoms. The van der Waals surface area contributed by atoms with Crippen LogP contribution >= 0.6 is 11.6 Å². The van der Waals surface area contributed by atoms with Crippen LogP contribution in [-0.4, -0.2) is 12.5 Å². The number of anilines is 1. The number of hydrogen-bond acceptors (Lipinski definition) is 2. The first kappa shape index (κ1) is 14.4. The predicted molar refractivity (Wildman–Crippen MR) is 79.4 cm³/mol. The first-order valence-electron chi connectivity index (χ1n) is 6.85. The number of nitrogens with two attached hydrogens (primary N) is 1. The lowest BCUT2D eigenvalue weighted by Gasteiger charge is -2.34. The van der Waals surface area contributed by atoms with E-state index in [1.807, 2.05) is 19.1 Å². The van der Waals surface area contributed by atoms with E-state index in [0.717, 1.165) is 36.9 Å². The Kier molecular flexibility index (Phi) is 4.48. The van der Waals surface area contributed by atoms with Gasteiger partial charge in [-0.05, 0) is 37.5 Å². The molecular weight excluding hydrogens is 260 g/mol. The number of benzene rings is 1. The van der Waals surface area contributed by atoms with Gasteiger partial charge in [-0.15, -0.1) is 0 Å². The monoisotopic (exact) mass is 280 g/mol. The van der Waals surface area contributed by atoms with Crippen molar-refractivity contribution in [3.63, 3.8) is 0 Å². The lowest BCUT2D eigenvalue weighted by molar-refractivity contribution is -0.126. The van der Waals surface area contributed by atoms with E-state index < -0.39 is 5.41 Å². The van der Waals surface area contributed by atoms with Crippen LogP contribution < -0.4 is 11.1 Å². The average Bonchev–Trinajstić information content (AvgIpc) is 2.43. The summed E-state index contributed by atoms with van der Waals surface area (Å²) >= 11 is 5.98. The van der Waals surface area contributed by atoms with E-state index in [9.17, 15) is 4.79 Å². The highest BCUT2D eigenvalue weighted by atomic mass is 35.5. The van der Waals surface area contributed by atoms with Crippen molar-refractivity contribution >= 4 is 23.2 Å². The summed E-state index contributed by atoms with van der Waals surface area (Å²) in [7, 11) is 0. The summed E-state index contributed by atoms with van der Waals surface area (Å²) in [6.07, 6.45) is 5.13. The van der Waals surface area contributed by atoms with Crippen LogP contribution in [0.5, 0.6) is 0 Å². The Morgan fingerprint density at radius 2 is 2.05 bits per heavy atom. The molecule has 0 spiro atoms. The maximum absolute atomic E-state index is 12.5. The number of carbonyl (C=O) groups is 1. The average molecular weight is 281 g/mol. The molecule has 104 valence electrons. The fraction of sp³-hybridized carbons (Fsp3) is 0.533. The second kappa shape index (κ2) is 5.93. The number of halogens is 1. The molecule has 1 fully saturated rings. The maximum Gasteiger partial charge on any atom is 0.231 e. The quantitative estimate of drug-likeness (QED) is 0.890. The van der Waals surface area contributed by atoms with Crippen LogP contribution in [0.2, 0.25) is 5.02 Å². The Morgan fingerprint density at radius 3 is 2.68 bits per heavy atom. The third-order valence-electron chi connectivity index (χ3n) is 4.13. The van der Waals surface area contributed by atoms with Gasteiger partial charge in [-0.3, -0.25) is 4.79 Å². The number of nitrogens with one attached hydrogen (secondary N) is 1. The summed E-state index contributed by atoms with van der Waals surface area (Å²) in [6.45, 7) is 2.38. The summed E-state index contributed by atoms with van der Waals surface area (Å²) in [4.78, 5) is 12.5. The molecule has 0 aromatic heterocycles. The molecule has 3 nitrogen and oxygen atoms in total. The van der Waals surface area contributed by atoms with Crippen LogP contribution in [0.3, 0.4) is 0 Å². The largest absolute Gasteiger partial charge is 0.329 e. The van der Waals surface area contributed by atoms with Gasteiger partial charge in [0.2, 0.25) is 5.91 Å². The van der Waals surface area contributed by atoms with Crippen molar-refractivity contribution < 1.29 is 4.79 Å². The lowest BCUT2D eigenvalue weighted by Crippen LogP contribution is -2.43. The molecule has 0 unspecified atom stereocenters. The molecule has 1 aromatic carbocycles. The van der Waals surface area contributed by atoms with Gasteiger partial charge in [0.05, 0.1) is 5.41 Å². The van der Waals surface area contributed by atoms with Crippen LogP contribution in [0.25, 0.3) is 0 Å². The van der Waals surface area contributed by atoms with Crippen LogP contribution in [0.4, 0.5) is 5.69 Å². The predicted octanol–water partition coefficient (Wildman–Crippen LogP) is 3.50. The second-order valence-corrected chi connectivity index (χ2v) is 5.89. The molecule has 1 aromatic rings. The summed E-state index contributed by atoms with van der Waals surface area (Å²) in [6, 6.07) is 5.53. The molecule has 0 heterocycles. The third-order valence-corrected chi connectivity index (χ3v) is 4.37. The maximum atomic E-state index is 12.5. The number of rotatable bonds is 3. The summed E-state index contributed by atoms with van der Waals surface area (Å²) < 4.78 is 0. The molecular formula is C15H21ClN2O. The van der Waals surface area contributed by atoms with Gasteiger partial charge in [-0.25, -0.2) is 0 Å². The van der Waals surface area contributed by atoms with Gasteiger partial charge in [0.1, 0.15) is 0 Å². The molecule has 0 atom stereocenters. The van der Waals surface area contributed by atoms with E-state index >= 15 is 0 Å². The van der Waals surface area contributed by atoms with Gasteiger partial charge in [0.15, 0.2) is 0 Å². The highest BCUT2D eigenvalue weighted by Crippen LogP contribution is 2.36. The summed E-state index contributed by atoms with van der Waals surface area (Å²) in [5.41, 5.74) is 7.28. The number of carbonyl (C=O) groups excluding carboxylic acids is 1. The molecule has 3 N–H and O–H groups in total. The van der Waals surface area contributed by atoms with E-state index in [2.05, 4.69) is 5.32 Å². The van der Waals surface area contributed by atoms with Gasteiger partial charge in [-0.1, -0.05) is 36.9 Å². The SMILES string of the molecule is Cc1ccc(Cl)cc1NC(=O)C1(CN)CCCCC1. The highest BCUT2D eigenvalue weighted by molar-refractivity contribution is 6.31. The molecule has 1 aliphatic carbocycles. The molecule has 1 aliphatic rings. The topological polar surface area (TPSA) is 55.1 Å². The van der Waals surface area contributed by atoms with Crippen molar-refractivity contribution in [2.24, 2.45) is 11.1 Å². The minimum atomic E-state index is -0.396. The first-order chi connectivity index (χ1) is 9.07. The minimum Gasteiger partial charge on any atom is -0.329 e. The number of amides is 1. The van der Waals surface area contributed by atoms with Crippen LogP contribution in [-0.2, 0) is 4.79 Å². The van der Waals surface area contributed by atoms with Crippen molar-refractivity contribution in [1.82, 2.24) is 0 Å². The normalized spacial score (nSPS) is 18.1. The van der Waals surface area contributed by atoms with Gasteiger partial charge in [0.25, 0.3) is 0 Å². The first-order valence-corrected chi connectivity index (χ1v) is 7.23. The Hall–Kier alpha value is -1.06. The Morgan fingerprint density at radius 1 is 1.37 bits per heavy atom. The standard InChI is InChI=1S/C15H21ClN2O/c1-11-5-6-12(16)9-13(11)18-14(19)15(10-17)7-3-2-4-8-15/h5-6,9H,2-4,7-8,10,17H2,1H3,(H,18,19). The molecule has 0 saturated heterocycles. The zero-order valence-corrected chi connectivity index (χ0v) is 12.1. The smallest absolute Gasteiger partial charge is 0.231 e. The van der Waals surface area contributed by atoms with Crippen LogP contribution in [0, 0.1) is 12.3 Å². The van der Waals surface area contributed by atoms with Crippen LogP contribution in [0.15, 0.2) is 18.2 Å². The second-order valence-electron chi connectivity index (χ2n) is 5.46. The Bertz CT molecular complexity index is 467. The molecule has 2 rings (SSSR count). The lowest BCUT2D eigenvalue weighted by atomic mass is 9.73.